The van der Waals surface area contributed by atoms with Crippen LogP contribution in [-0.2, 0) is 4.74 Å². The van der Waals surface area contributed by atoms with E-state index in [1.165, 1.54) is 0 Å². The Morgan fingerprint density at radius 3 is 3.07 bits per heavy atom. The van der Waals surface area contributed by atoms with Crippen LogP contribution in [0.1, 0.15) is 10.4 Å². The van der Waals surface area contributed by atoms with Gasteiger partial charge >= 0.3 is 5.97 Å². The normalized spacial score (nSPS) is 8.86. The van der Waals surface area contributed by atoms with Crippen molar-refractivity contribution in [3.8, 4) is 12.3 Å². The molecule has 72 valence electrons. The molecule has 0 aliphatic heterocycles. The third-order valence-electron chi connectivity index (χ3n) is 1.67. The van der Waals surface area contributed by atoms with Gasteiger partial charge in [-0.3, -0.25) is 0 Å². The zero-order valence-electron chi connectivity index (χ0n) is 7.91. The molecule has 0 aliphatic carbocycles. The van der Waals surface area contributed by atoms with E-state index in [1.54, 1.807) is 25.2 Å². The van der Waals surface area contributed by atoms with Crippen molar-refractivity contribution in [3.05, 3.63) is 29.8 Å². The Balaban J connectivity index is 2.75. The van der Waals surface area contributed by atoms with Gasteiger partial charge in [0, 0.05) is 12.7 Å². The van der Waals surface area contributed by atoms with Gasteiger partial charge in [-0.25, -0.2) is 4.79 Å². The molecule has 0 radical (unpaired) electrons. The summed E-state index contributed by atoms with van der Waals surface area (Å²) in [7, 11) is 1.78. The standard InChI is InChI=1S/C11H11NO2/c1-3-7-14-11(13)9-5-4-6-10(8-9)12-2/h1,4-6,8,12H,7H2,2H3. The highest BCUT2D eigenvalue weighted by Crippen LogP contribution is 2.10. The third-order valence-corrected chi connectivity index (χ3v) is 1.67. The van der Waals surface area contributed by atoms with Gasteiger partial charge in [0.1, 0.15) is 0 Å². The summed E-state index contributed by atoms with van der Waals surface area (Å²) in [5, 5.41) is 2.93. The first kappa shape index (κ1) is 10.1. The number of benzene rings is 1. The average Bonchev–Trinajstić information content (AvgIpc) is 2.26. The van der Waals surface area contributed by atoms with Gasteiger partial charge in [0.2, 0.25) is 0 Å². The van der Waals surface area contributed by atoms with Gasteiger partial charge in [-0.05, 0) is 18.2 Å². The summed E-state index contributed by atoms with van der Waals surface area (Å²) in [5.41, 5.74) is 1.35. The predicted molar refractivity (Wildman–Crippen MR) is 55.1 cm³/mol. The molecule has 0 heterocycles. The molecule has 0 fully saturated rings. The molecule has 0 amide bonds. The second-order valence-corrected chi connectivity index (χ2v) is 2.61. The van der Waals surface area contributed by atoms with Crippen LogP contribution in [0.15, 0.2) is 24.3 Å². The molecule has 0 saturated heterocycles. The molecule has 1 aromatic carbocycles. The quantitative estimate of drug-likeness (QED) is 0.578. The Morgan fingerprint density at radius 2 is 2.43 bits per heavy atom. The number of hydrogen-bond acceptors (Lipinski definition) is 3. The summed E-state index contributed by atoms with van der Waals surface area (Å²) in [6.45, 7) is 0.00259. The molecule has 3 heteroatoms. The first-order chi connectivity index (χ1) is 6.77. The first-order valence-corrected chi connectivity index (χ1v) is 4.16. The maximum Gasteiger partial charge on any atom is 0.339 e. The van der Waals surface area contributed by atoms with Crippen LogP contribution in [-0.4, -0.2) is 19.6 Å². The van der Waals surface area contributed by atoms with Crippen LogP contribution in [0.25, 0.3) is 0 Å². The maximum atomic E-state index is 11.3. The van der Waals surface area contributed by atoms with Crippen molar-refractivity contribution >= 4 is 11.7 Å². The fourth-order valence-electron chi connectivity index (χ4n) is 0.992. The van der Waals surface area contributed by atoms with Crippen LogP contribution < -0.4 is 5.32 Å². The number of carbonyl (C=O) groups is 1. The van der Waals surface area contributed by atoms with E-state index in [1.807, 2.05) is 6.07 Å². The lowest BCUT2D eigenvalue weighted by Gasteiger charge is -2.03. The highest BCUT2D eigenvalue weighted by Gasteiger charge is 2.05. The molecule has 1 N–H and O–H groups in total. The largest absolute Gasteiger partial charge is 0.449 e. The van der Waals surface area contributed by atoms with Crippen molar-refractivity contribution in [1.82, 2.24) is 0 Å². The molecular weight excluding hydrogens is 178 g/mol. The minimum Gasteiger partial charge on any atom is -0.449 e. The second kappa shape index (κ2) is 4.93. The number of terminal acetylenes is 1. The maximum absolute atomic E-state index is 11.3. The number of nitrogens with one attached hydrogen (secondary N) is 1. The third kappa shape index (κ3) is 2.53. The van der Waals surface area contributed by atoms with Gasteiger partial charge in [0.25, 0.3) is 0 Å². The van der Waals surface area contributed by atoms with Crippen LogP contribution in [0.5, 0.6) is 0 Å². The Morgan fingerprint density at radius 1 is 1.64 bits per heavy atom. The Labute approximate surface area is 83.1 Å². The molecule has 1 aromatic rings. The average molecular weight is 189 g/mol. The minimum atomic E-state index is -0.403. The SMILES string of the molecule is C#CCOC(=O)c1cccc(NC)c1. The number of rotatable bonds is 3. The van der Waals surface area contributed by atoms with E-state index < -0.39 is 5.97 Å². The van der Waals surface area contributed by atoms with Crippen molar-refractivity contribution in [3.63, 3.8) is 0 Å². The number of carbonyl (C=O) groups excluding carboxylic acids is 1. The van der Waals surface area contributed by atoms with Gasteiger partial charge < -0.3 is 10.1 Å². The van der Waals surface area contributed by atoms with Gasteiger partial charge in [-0.15, -0.1) is 6.42 Å². The molecule has 0 saturated carbocycles. The lowest BCUT2D eigenvalue weighted by Crippen LogP contribution is -2.05. The smallest absolute Gasteiger partial charge is 0.339 e. The summed E-state index contributed by atoms with van der Waals surface area (Å²) < 4.78 is 4.77. The van der Waals surface area contributed by atoms with Crippen molar-refractivity contribution in [2.24, 2.45) is 0 Å². The fourth-order valence-corrected chi connectivity index (χ4v) is 0.992. The molecule has 3 nitrogen and oxygen atoms in total. The van der Waals surface area contributed by atoms with Crippen LogP contribution in [0, 0.1) is 12.3 Å². The number of esters is 1. The summed E-state index contributed by atoms with van der Waals surface area (Å²) in [6.07, 6.45) is 4.97. The molecule has 14 heavy (non-hydrogen) atoms. The van der Waals surface area contributed by atoms with E-state index in [0.29, 0.717) is 5.56 Å². The lowest BCUT2D eigenvalue weighted by atomic mass is 10.2. The molecule has 0 spiro atoms. The zero-order valence-corrected chi connectivity index (χ0v) is 7.91. The van der Waals surface area contributed by atoms with Crippen LogP contribution >= 0.6 is 0 Å². The zero-order chi connectivity index (χ0) is 10.4. The Bertz CT molecular complexity index is 366. The minimum absolute atomic E-state index is 0.00259. The van der Waals surface area contributed by atoms with Crippen molar-refractivity contribution in [1.29, 1.82) is 0 Å². The Hall–Kier alpha value is -1.95. The van der Waals surface area contributed by atoms with Gasteiger partial charge in [0.05, 0.1) is 5.56 Å². The molecule has 0 aliphatic rings. The molecular formula is C11H11NO2. The summed E-state index contributed by atoms with van der Waals surface area (Å²) in [6, 6.07) is 7.02. The Kier molecular flexibility index (Phi) is 3.57. The molecule has 0 atom stereocenters. The first-order valence-electron chi connectivity index (χ1n) is 4.16. The van der Waals surface area contributed by atoms with Gasteiger partial charge in [0.15, 0.2) is 6.61 Å². The highest BCUT2D eigenvalue weighted by molar-refractivity contribution is 5.90. The summed E-state index contributed by atoms with van der Waals surface area (Å²) in [5.74, 6) is 1.84. The van der Waals surface area contributed by atoms with Crippen molar-refractivity contribution in [2.75, 3.05) is 19.0 Å². The number of hydrogen-bond donors (Lipinski definition) is 1. The molecule has 1 rings (SSSR count). The van der Waals surface area contributed by atoms with E-state index >= 15 is 0 Å². The summed E-state index contributed by atoms with van der Waals surface area (Å²) in [4.78, 5) is 11.3. The van der Waals surface area contributed by atoms with Crippen LogP contribution in [0.4, 0.5) is 5.69 Å². The van der Waals surface area contributed by atoms with E-state index in [0.717, 1.165) is 5.69 Å². The van der Waals surface area contributed by atoms with Gasteiger partial charge in [-0.2, -0.15) is 0 Å². The van der Waals surface area contributed by atoms with E-state index in [-0.39, 0.29) is 6.61 Å². The van der Waals surface area contributed by atoms with Gasteiger partial charge in [-0.1, -0.05) is 12.0 Å². The van der Waals surface area contributed by atoms with Crippen molar-refractivity contribution in [2.45, 2.75) is 0 Å². The molecule has 0 aromatic heterocycles. The highest BCUT2D eigenvalue weighted by atomic mass is 16.5. The number of ether oxygens (including phenoxy) is 1. The molecule has 0 unspecified atom stereocenters. The predicted octanol–water partition coefficient (Wildman–Crippen LogP) is 1.52. The molecule has 0 bridgehead atoms. The monoisotopic (exact) mass is 189 g/mol. The fraction of sp³-hybridized carbons (Fsp3) is 0.182. The van der Waals surface area contributed by atoms with E-state index in [4.69, 9.17) is 11.2 Å². The topological polar surface area (TPSA) is 38.3 Å². The van der Waals surface area contributed by atoms with E-state index in [9.17, 15) is 4.79 Å². The van der Waals surface area contributed by atoms with Crippen molar-refractivity contribution < 1.29 is 9.53 Å². The van der Waals surface area contributed by atoms with Crippen LogP contribution in [0.3, 0.4) is 0 Å². The second-order valence-electron chi connectivity index (χ2n) is 2.61. The van der Waals surface area contributed by atoms with E-state index in [2.05, 4.69) is 11.2 Å². The summed E-state index contributed by atoms with van der Waals surface area (Å²) >= 11 is 0. The lowest BCUT2D eigenvalue weighted by molar-refractivity contribution is 0.0557. The number of anilines is 1. The van der Waals surface area contributed by atoms with Crippen LogP contribution in [0.2, 0.25) is 0 Å².